The zero-order valence-electron chi connectivity index (χ0n) is 9.30. The van der Waals surface area contributed by atoms with Gasteiger partial charge in [0.25, 0.3) is 0 Å². The molecule has 0 bridgehead atoms. The highest BCUT2D eigenvalue weighted by Crippen LogP contribution is 2.26. The Bertz CT molecular complexity index is 276. The fraction of sp³-hybridized carbons (Fsp3) is 0.538. The largest absolute Gasteiger partial charge is 0.508 e. The van der Waals surface area contributed by atoms with Gasteiger partial charge < -0.3 is 5.11 Å². The molecule has 2 heteroatoms. The van der Waals surface area contributed by atoms with E-state index in [1.54, 1.807) is 12.1 Å². The van der Waals surface area contributed by atoms with Crippen molar-refractivity contribution >= 4 is 11.6 Å². The lowest BCUT2D eigenvalue weighted by molar-refractivity contribution is 0.466. The first kappa shape index (κ1) is 12.4. The predicted octanol–water partition coefficient (Wildman–Crippen LogP) is 4.56. The van der Waals surface area contributed by atoms with E-state index < -0.39 is 0 Å². The van der Waals surface area contributed by atoms with E-state index in [-0.39, 0.29) is 0 Å². The number of unbranched alkanes of at least 4 members (excludes halogenated alkanes) is 4. The van der Waals surface area contributed by atoms with E-state index in [4.69, 9.17) is 11.6 Å². The number of aromatic hydroxyl groups is 1. The quantitative estimate of drug-likeness (QED) is 0.706. The first-order chi connectivity index (χ1) is 7.25. The second kappa shape index (κ2) is 6.73. The number of hydrogen-bond donors (Lipinski definition) is 1. The maximum atomic E-state index is 9.61. The highest BCUT2D eigenvalue weighted by atomic mass is 35.5. The molecule has 1 nitrogen and oxygen atoms in total. The van der Waals surface area contributed by atoms with Gasteiger partial charge in [-0.25, -0.2) is 0 Å². The van der Waals surface area contributed by atoms with E-state index in [0.717, 1.165) is 18.4 Å². The second-order valence-corrected chi connectivity index (χ2v) is 4.31. The highest BCUT2D eigenvalue weighted by Gasteiger charge is 2.04. The number of rotatable bonds is 6. The summed E-state index contributed by atoms with van der Waals surface area (Å²) in [5.41, 5.74) is 0.899. The fourth-order valence-corrected chi connectivity index (χ4v) is 1.96. The smallest absolute Gasteiger partial charge is 0.120 e. The summed E-state index contributed by atoms with van der Waals surface area (Å²) >= 11 is 6.01. The lowest BCUT2D eigenvalue weighted by atomic mass is 10.0. The molecule has 84 valence electrons. The molecule has 0 spiro atoms. The van der Waals surface area contributed by atoms with Crippen LogP contribution < -0.4 is 0 Å². The van der Waals surface area contributed by atoms with Crippen LogP contribution >= 0.6 is 11.6 Å². The SMILES string of the molecule is CCCCCCCc1c(O)cccc1Cl. The van der Waals surface area contributed by atoms with Gasteiger partial charge in [0.2, 0.25) is 0 Å². The van der Waals surface area contributed by atoms with Crippen LogP contribution in [0.25, 0.3) is 0 Å². The molecule has 0 atom stereocenters. The zero-order chi connectivity index (χ0) is 11.1. The first-order valence-corrected chi connectivity index (χ1v) is 6.10. The Kier molecular flexibility index (Phi) is 5.56. The number of benzene rings is 1. The fourth-order valence-electron chi connectivity index (χ4n) is 1.70. The predicted molar refractivity (Wildman–Crippen MR) is 65.6 cm³/mol. The maximum Gasteiger partial charge on any atom is 0.120 e. The van der Waals surface area contributed by atoms with E-state index in [9.17, 15) is 5.11 Å². The van der Waals surface area contributed by atoms with Crippen molar-refractivity contribution in [2.45, 2.75) is 45.4 Å². The molecule has 0 saturated carbocycles. The molecule has 0 aromatic heterocycles. The summed E-state index contributed by atoms with van der Waals surface area (Å²) < 4.78 is 0. The van der Waals surface area contributed by atoms with Crippen molar-refractivity contribution < 1.29 is 5.11 Å². The lowest BCUT2D eigenvalue weighted by Crippen LogP contribution is -1.88. The first-order valence-electron chi connectivity index (χ1n) is 5.72. The monoisotopic (exact) mass is 226 g/mol. The van der Waals surface area contributed by atoms with Crippen LogP contribution in [0.5, 0.6) is 5.75 Å². The van der Waals surface area contributed by atoms with Gasteiger partial charge in [0, 0.05) is 10.6 Å². The third-order valence-corrected chi connectivity index (χ3v) is 2.98. The van der Waals surface area contributed by atoms with Gasteiger partial charge in [0.1, 0.15) is 5.75 Å². The number of phenols is 1. The number of hydrogen-bond acceptors (Lipinski definition) is 1. The maximum absolute atomic E-state index is 9.61. The van der Waals surface area contributed by atoms with Crippen LogP contribution in [0.15, 0.2) is 18.2 Å². The van der Waals surface area contributed by atoms with Gasteiger partial charge >= 0.3 is 0 Å². The molecule has 0 heterocycles. The topological polar surface area (TPSA) is 20.2 Å². The Labute approximate surface area is 97.1 Å². The van der Waals surface area contributed by atoms with Crippen LogP contribution in [0.2, 0.25) is 5.02 Å². The molecule has 0 saturated heterocycles. The molecule has 0 amide bonds. The molecule has 0 aliphatic carbocycles. The molecule has 0 aliphatic heterocycles. The lowest BCUT2D eigenvalue weighted by Gasteiger charge is -2.06. The summed E-state index contributed by atoms with van der Waals surface area (Å²) in [5, 5.41) is 10.3. The van der Waals surface area contributed by atoms with Gasteiger partial charge in [0.15, 0.2) is 0 Å². The van der Waals surface area contributed by atoms with Crippen LogP contribution in [0.4, 0.5) is 0 Å². The van der Waals surface area contributed by atoms with E-state index in [1.165, 1.54) is 25.7 Å². The summed E-state index contributed by atoms with van der Waals surface area (Å²) in [6.45, 7) is 2.21. The minimum absolute atomic E-state index is 0.331. The molecular weight excluding hydrogens is 208 g/mol. The minimum Gasteiger partial charge on any atom is -0.508 e. The van der Waals surface area contributed by atoms with Crippen molar-refractivity contribution in [2.75, 3.05) is 0 Å². The molecular formula is C13H19ClO. The second-order valence-electron chi connectivity index (χ2n) is 3.90. The summed E-state index contributed by atoms with van der Waals surface area (Å²) in [7, 11) is 0. The Hall–Kier alpha value is -0.690. The molecule has 15 heavy (non-hydrogen) atoms. The van der Waals surface area contributed by atoms with E-state index >= 15 is 0 Å². The van der Waals surface area contributed by atoms with Crippen molar-refractivity contribution in [3.05, 3.63) is 28.8 Å². The average Bonchev–Trinajstić information content (AvgIpc) is 2.21. The van der Waals surface area contributed by atoms with E-state index in [2.05, 4.69) is 6.92 Å². The van der Waals surface area contributed by atoms with Gasteiger partial charge in [-0.15, -0.1) is 0 Å². The summed E-state index contributed by atoms with van der Waals surface area (Å²) in [6.07, 6.45) is 7.05. The van der Waals surface area contributed by atoms with E-state index in [1.807, 2.05) is 6.07 Å². The Morgan fingerprint density at radius 3 is 2.53 bits per heavy atom. The molecule has 1 aromatic carbocycles. The normalized spacial score (nSPS) is 10.5. The van der Waals surface area contributed by atoms with Crippen LogP contribution in [0.1, 0.15) is 44.6 Å². The number of phenolic OH excluding ortho intramolecular Hbond substituents is 1. The summed E-state index contributed by atoms with van der Waals surface area (Å²) in [5.74, 6) is 0.331. The molecule has 1 aromatic rings. The Balaban J connectivity index is 2.37. The molecule has 0 aliphatic rings. The molecule has 0 radical (unpaired) electrons. The molecule has 0 fully saturated rings. The Morgan fingerprint density at radius 1 is 1.13 bits per heavy atom. The summed E-state index contributed by atoms with van der Waals surface area (Å²) in [6, 6.07) is 5.31. The highest BCUT2D eigenvalue weighted by molar-refractivity contribution is 6.31. The van der Waals surface area contributed by atoms with Crippen LogP contribution in [0, 0.1) is 0 Å². The molecule has 1 N–H and O–H groups in total. The molecule has 1 rings (SSSR count). The molecule has 0 unspecified atom stereocenters. The zero-order valence-corrected chi connectivity index (χ0v) is 10.1. The van der Waals surface area contributed by atoms with Crippen molar-refractivity contribution in [2.24, 2.45) is 0 Å². The minimum atomic E-state index is 0.331. The third-order valence-electron chi connectivity index (χ3n) is 2.62. The van der Waals surface area contributed by atoms with E-state index in [0.29, 0.717) is 10.8 Å². The van der Waals surface area contributed by atoms with Crippen LogP contribution in [-0.4, -0.2) is 5.11 Å². The van der Waals surface area contributed by atoms with Gasteiger partial charge in [-0.3, -0.25) is 0 Å². The Morgan fingerprint density at radius 2 is 1.87 bits per heavy atom. The van der Waals surface area contributed by atoms with Gasteiger partial charge in [-0.2, -0.15) is 0 Å². The third kappa shape index (κ3) is 4.13. The number of halogens is 1. The van der Waals surface area contributed by atoms with Crippen molar-refractivity contribution in [3.63, 3.8) is 0 Å². The summed E-state index contributed by atoms with van der Waals surface area (Å²) in [4.78, 5) is 0. The van der Waals surface area contributed by atoms with Gasteiger partial charge in [-0.05, 0) is 25.0 Å². The van der Waals surface area contributed by atoms with Crippen molar-refractivity contribution in [1.29, 1.82) is 0 Å². The van der Waals surface area contributed by atoms with Gasteiger partial charge in [-0.1, -0.05) is 50.3 Å². The van der Waals surface area contributed by atoms with Crippen LogP contribution in [0.3, 0.4) is 0 Å². The average molecular weight is 227 g/mol. The van der Waals surface area contributed by atoms with Crippen LogP contribution in [-0.2, 0) is 6.42 Å². The van der Waals surface area contributed by atoms with Gasteiger partial charge in [0.05, 0.1) is 0 Å². The van der Waals surface area contributed by atoms with Crippen molar-refractivity contribution in [1.82, 2.24) is 0 Å². The van der Waals surface area contributed by atoms with Crippen molar-refractivity contribution in [3.8, 4) is 5.75 Å². The standard InChI is InChI=1S/C13H19ClO/c1-2-3-4-5-6-8-11-12(14)9-7-10-13(11)15/h7,9-10,15H,2-6,8H2,1H3.